The van der Waals surface area contributed by atoms with Gasteiger partial charge in [-0.2, -0.15) is 0 Å². The zero-order valence-electron chi connectivity index (χ0n) is 9.77. The summed E-state index contributed by atoms with van der Waals surface area (Å²) in [5.74, 6) is -0.409. The van der Waals surface area contributed by atoms with E-state index in [2.05, 4.69) is 20.9 Å². The summed E-state index contributed by atoms with van der Waals surface area (Å²) >= 11 is 3.40. The first-order valence-electron chi connectivity index (χ1n) is 5.32. The van der Waals surface area contributed by atoms with Gasteiger partial charge in [0.05, 0.1) is 6.61 Å². The molecule has 0 spiro atoms. The van der Waals surface area contributed by atoms with Crippen molar-refractivity contribution in [3.05, 3.63) is 34.4 Å². The summed E-state index contributed by atoms with van der Waals surface area (Å²) < 4.78 is 5.86. The van der Waals surface area contributed by atoms with Crippen LogP contribution < -0.4 is 5.73 Å². The van der Waals surface area contributed by atoms with Crippen molar-refractivity contribution in [3.8, 4) is 0 Å². The summed E-state index contributed by atoms with van der Waals surface area (Å²) in [6.07, 6.45) is 1.75. The highest BCUT2D eigenvalue weighted by Gasteiger charge is 2.20. The molecule has 0 aliphatic rings. The van der Waals surface area contributed by atoms with E-state index in [4.69, 9.17) is 10.5 Å². The van der Waals surface area contributed by atoms with Gasteiger partial charge in [-0.05, 0) is 25.1 Å². The van der Waals surface area contributed by atoms with E-state index in [0.29, 0.717) is 6.61 Å². The second kappa shape index (κ2) is 6.22. The second-order valence-electron chi connectivity index (χ2n) is 3.66. The maximum Gasteiger partial charge on any atom is 0.327 e. The molecule has 18 heavy (non-hydrogen) atoms. The van der Waals surface area contributed by atoms with E-state index in [9.17, 15) is 4.79 Å². The smallest absolute Gasteiger partial charge is 0.327 e. The Balaban J connectivity index is 0.00000162. The average Bonchev–Trinajstić information content (AvgIpc) is 2.71. The maximum absolute atomic E-state index is 11.6. The molecule has 0 aliphatic carbocycles. The van der Waals surface area contributed by atoms with E-state index in [1.54, 1.807) is 13.1 Å². The van der Waals surface area contributed by atoms with Gasteiger partial charge in [-0.1, -0.05) is 15.9 Å². The minimum Gasteiger partial charge on any atom is -0.465 e. The van der Waals surface area contributed by atoms with Gasteiger partial charge in [0.1, 0.15) is 6.04 Å². The van der Waals surface area contributed by atoms with Crippen LogP contribution >= 0.6 is 28.3 Å². The van der Waals surface area contributed by atoms with Crippen molar-refractivity contribution in [2.45, 2.75) is 13.0 Å². The highest BCUT2D eigenvalue weighted by molar-refractivity contribution is 9.10. The van der Waals surface area contributed by atoms with Gasteiger partial charge >= 0.3 is 5.97 Å². The van der Waals surface area contributed by atoms with Crippen LogP contribution in [0.2, 0.25) is 0 Å². The number of esters is 1. The van der Waals surface area contributed by atoms with Crippen molar-refractivity contribution < 1.29 is 9.53 Å². The van der Waals surface area contributed by atoms with Crippen LogP contribution in [-0.4, -0.2) is 17.6 Å². The number of hydrogen-bond acceptors (Lipinski definition) is 3. The fraction of sp³-hybridized carbons (Fsp3) is 0.250. The summed E-state index contributed by atoms with van der Waals surface area (Å²) in [7, 11) is 0. The number of aromatic nitrogens is 1. The summed E-state index contributed by atoms with van der Waals surface area (Å²) in [6.45, 7) is 2.09. The Morgan fingerprint density at radius 3 is 2.94 bits per heavy atom. The molecule has 0 bridgehead atoms. The summed E-state index contributed by atoms with van der Waals surface area (Å²) in [5, 5.41) is 0.930. The Kier molecular flexibility index (Phi) is 5.19. The highest BCUT2D eigenvalue weighted by atomic mass is 79.9. The predicted octanol–water partition coefficient (Wildman–Crippen LogP) is 2.92. The maximum atomic E-state index is 11.6. The lowest BCUT2D eigenvalue weighted by atomic mass is 10.1. The number of halogens is 2. The van der Waals surface area contributed by atoms with Crippen molar-refractivity contribution in [2.24, 2.45) is 5.73 Å². The lowest BCUT2D eigenvalue weighted by Crippen LogP contribution is -2.23. The van der Waals surface area contributed by atoms with E-state index in [0.717, 1.165) is 20.9 Å². The van der Waals surface area contributed by atoms with Crippen molar-refractivity contribution in [2.75, 3.05) is 6.61 Å². The van der Waals surface area contributed by atoms with Crippen LogP contribution in [0.3, 0.4) is 0 Å². The first-order valence-corrected chi connectivity index (χ1v) is 6.11. The molecule has 2 rings (SSSR count). The number of H-pyrrole nitrogens is 1. The van der Waals surface area contributed by atoms with Crippen LogP contribution in [0.15, 0.2) is 28.9 Å². The van der Waals surface area contributed by atoms with E-state index in [1.807, 2.05) is 18.2 Å². The zero-order valence-corrected chi connectivity index (χ0v) is 12.2. The molecule has 2 aromatic rings. The molecule has 98 valence electrons. The van der Waals surface area contributed by atoms with Crippen LogP contribution in [-0.2, 0) is 9.53 Å². The van der Waals surface area contributed by atoms with Gasteiger partial charge in [-0.3, -0.25) is 0 Å². The van der Waals surface area contributed by atoms with E-state index in [-0.39, 0.29) is 12.4 Å². The fourth-order valence-electron chi connectivity index (χ4n) is 1.73. The number of fused-ring (bicyclic) bond motifs is 1. The molecule has 0 radical (unpaired) electrons. The molecule has 1 aromatic carbocycles. The molecule has 4 nitrogen and oxygen atoms in total. The Bertz CT molecular complexity index is 556. The SMILES string of the molecule is CCOC(=O)[C@@H](N)c1c[nH]c2ccc(Br)cc12.Cl. The minimum absolute atomic E-state index is 0. The first-order chi connectivity index (χ1) is 8.13. The lowest BCUT2D eigenvalue weighted by Gasteiger charge is -2.09. The van der Waals surface area contributed by atoms with Crippen LogP contribution in [0, 0.1) is 0 Å². The fourth-order valence-corrected chi connectivity index (χ4v) is 2.09. The van der Waals surface area contributed by atoms with Gasteiger partial charge in [0.25, 0.3) is 0 Å². The molecule has 0 fully saturated rings. The minimum atomic E-state index is -0.752. The number of benzene rings is 1. The molecule has 0 unspecified atom stereocenters. The van der Waals surface area contributed by atoms with Crippen LogP contribution in [0.1, 0.15) is 18.5 Å². The molecule has 0 aliphatic heterocycles. The van der Waals surface area contributed by atoms with E-state index >= 15 is 0 Å². The van der Waals surface area contributed by atoms with Crippen LogP contribution in [0.25, 0.3) is 10.9 Å². The predicted molar refractivity (Wildman–Crippen MR) is 76.8 cm³/mol. The number of aromatic amines is 1. The molecule has 1 aromatic heterocycles. The van der Waals surface area contributed by atoms with E-state index in [1.165, 1.54) is 0 Å². The van der Waals surface area contributed by atoms with Gasteiger partial charge in [-0.15, -0.1) is 12.4 Å². The molecular formula is C12H14BrClN2O2. The Hall–Kier alpha value is -1.04. The quantitative estimate of drug-likeness (QED) is 0.849. The number of hydrogen-bond donors (Lipinski definition) is 2. The Morgan fingerprint density at radius 2 is 2.28 bits per heavy atom. The van der Waals surface area contributed by atoms with Crippen molar-refractivity contribution >= 4 is 45.2 Å². The van der Waals surface area contributed by atoms with Crippen molar-refractivity contribution in [1.82, 2.24) is 4.98 Å². The van der Waals surface area contributed by atoms with Gasteiger partial charge in [0, 0.05) is 27.1 Å². The third-order valence-corrected chi connectivity index (χ3v) is 3.04. The first kappa shape index (κ1) is 15.0. The zero-order chi connectivity index (χ0) is 12.4. The van der Waals surface area contributed by atoms with Crippen LogP contribution in [0.5, 0.6) is 0 Å². The summed E-state index contributed by atoms with van der Waals surface area (Å²) in [6, 6.07) is 5.04. The van der Waals surface area contributed by atoms with Crippen LogP contribution in [0.4, 0.5) is 0 Å². The summed E-state index contributed by atoms with van der Waals surface area (Å²) in [5.41, 5.74) is 7.57. The molecular weight excluding hydrogens is 320 g/mol. The lowest BCUT2D eigenvalue weighted by molar-refractivity contribution is -0.144. The van der Waals surface area contributed by atoms with Gasteiger partial charge in [0.2, 0.25) is 0 Å². The summed E-state index contributed by atoms with van der Waals surface area (Å²) in [4.78, 5) is 14.7. The normalized spacial score (nSPS) is 11.9. The number of ether oxygens (including phenoxy) is 1. The van der Waals surface area contributed by atoms with Gasteiger partial charge < -0.3 is 15.5 Å². The standard InChI is InChI=1S/C12H13BrN2O2.ClH/c1-2-17-12(16)11(14)9-6-15-10-4-3-7(13)5-8(9)10;/h3-6,11,15H,2,14H2,1H3;1H/t11-;/m0./s1. The molecule has 1 atom stereocenters. The number of nitrogens with one attached hydrogen (secondary N) is 1. The average molecular weight is 334 g/mol. The Labute approximate surface area is 119 Å². The molecule has 3 N–H and O–H groups in total. The monoisotopic (exact) mass is 332 g/mol. The molecule has 0 saturated heterocycles. The number of carbonyl (C=O) groups is 1. The van der Waals surface area contributed by atoms with E-state index < -0.39 is 12.0 Å². The van der Waals surface area contributed by atoms with Gasteiger partial charge in [0.15, 0.2) is 0 Å². The molecule has 0 saturated carbocycles. The topological polar surface area (TPSA) is 68.1 Å². The number of carbonyl (C=O) groups excluding carboxylic acids is 1. The van der Waals surface area contributed by atoms with Gasteiger partial charge in [-0.25, -0.2) is 4.79 Å². The second-order valence-corrected chi connectivity index (χ2v) is 4.58. The number of rotatable bonds is 3. The molecule has 6 heteroatoms. The third kappa shape index (κ3) is 2.85. The number of nitrogens with two attached hydrogens (primary N) is 1. The third-order valence-electron chi connectivity index (χ3n) is 2.55. The molecule has 0 amide bonds. The van der Waals surface area contributed by atoms with Crippen molar-refractivity contribution in [1.29, 1.82) is 0 Å². The largest absolute Gasteiger partial charge is 0.465 e. The van der Waals surface area contributed by atoms with Crippen molar-refractivity contribution in [3.63, 3.8) is 0 Å². The highest BCUT2D eigenvalue weighted by Crippen LogP contribution is 2.26. The Morgan fingerprint density at radius 1 is 1.56 bits per heavy atom. The molecule has 1 heterocycles.